The van der Waals surface area contributed by atoms with Gasteiger partial charge in [-0.25, -0.2) is 13.6 Å². The number of aryl methyl sites for hydroxylation is 2. The Hall–Kier alpha value is -2.47. The zero-order valence-electron chi connectivity index (χ0n) is 18.0. The maximum Gasteiger partial charge on any atom is 0.407 e. The lowest BCUT2D eigenvalue weighted by atomic mass is 9.95. The van der Waals surface area contributed by atoms with Crippen LogP contribution in [0.25, 0.3) is 0 Å². The van der Waals surface area contributed by atoms with Crippen LogP contribution in [0.15, 0.2) is 42.5 Å². The lowest BCUT2D eigenvalue weighted by molar-refractivity contribution is 0.0414. The highest BCUT2D eigenvalue weighted by molar-refractivity contribution is 5.68. The Bertz CT molecular complexity index is 828. The van der Waals surface area contributed by atoms with Gasteiger partial charge in [0, 0.05) is 6.07 Å². The molecule has 2 unspecified atom stereocenters. The van der Waals surface area contributed by atoms with Crippen LogP contribution >= 0.6 is 0 Å². The number of aliphatic hydroxyl groups is 1. The van der Waals surface area contributed by atoms with Crippen molar-refractivity contribution in [3.63, 3.8) is 0 Å². The predicted molar refractivity (Wildman–Crippen MR) is 113 cm³/mol. The van der Waals surface area contributed by atoms with Crippen LogP contribution in [0.5, 0.6) is 0 Å². The van der Waals surface area contributed by atoms with Crippen LogP contribution in [0.1, 0.15) is 50.8 Å². The van der Waals surface area contributed by atoms with E-state index >= 15 is 0 Å². The molecule has 0 aliphatic heterocycles. The monoisotopic (exact) mass is 419 g/mol. The summed E-state index contributed by atoms with van der Waals surface area (Å²) in [7, 11) is 0. The summed E-state index contributed by atoms with van der Waals surface area (Å²) in [5.41, 5.74) is 1.94. The van der Waals surface area contributed by atoms with Crippen molar-refractivity contribution in [2.45, 2.75) is 71.1 Å². The van der Waals surface area contributed by atoms with Crippen LogP contribution in [0, 0.1) is 11.6 Å². The smallest absolute Gasteiger partial charge is 0.407 e. The van der Waals surface area contributed by atoms with Gasteiger partial charge in [0.1, 0.15) is 17.2 Å². The second kappa shape index (κ2) is 10.5. The van der Waals surface area contributed by atoms with Gasteiger partial charge in [-0.05, 0) is 75.3 Å². The van der Waals surface area contributed by atoms with Crippen LogP contribution in [0.2, 0.25) is 0 Å². The van der Waals surface area contributed by atoms with E-state index in [9.17, 15) is 18.7 Å². The molecule has 0 aliphatic rings. The Morgan fingerprint density at radius 1 is 1.07 bits per heavy atom. The summed E-state index contributed by atoms with van der Waals surface area (Å²) < 4.78 is 32.5. The van der Waals surface area contributed by atoms with Crippen LogP contribution < -0.4 is 5.32 Å². The molecular weight excluding hydrogens is 388 g/mol. The Morgan fingerprint density at radius 3 is 2.30 bits per heavy atom. The number of benzene rings is 2. The first-order valence-electron chi connectivity index (χ1n) is 10.3. The summed E-state index contributed by atoms with van der Waals surface area (Å²) in [6, 6.07) is 10.5. The van der Waals surface area contributed by atoms with Crippen LogP contribution in [0.3, 0.4) is 0 Å². The number of hydrogen-bond acceptors (Lipinski definition) is 3. The van der Waals surface area contributed by atoms with Crippen LogP contribution in [-0.4, -0.2) is 28.9 Å². The van der Waals surface area contributed by atoms with Crippen LogP contribution in [-0.2, 0) is 24.0 Å². The van der Waals surface area contributed by atoms with E-state index < -0.39 is 35.5 Å². The largest absolute Gasteiger partial charge is 0.444 e. The second-order valence-corrected chi connectivity index (χ2v) is 8.51. The lowest BCUT2D eigenvalue weighted by Crippen LogP contribution is -2.47. The Balaban J connectivity index is 2.12. The molecular formula is C24H31F2NO3. The molecule has 0 spiro atoms. The number of carbonyl (C=O) groups is 1. The molecule has 2 N–H and O–H groups in total. The van der Waals surface area contributed by atoms with E-state index in [1.54, 1.807) is 20.8 Å². The SMILES string of the molecule is CCc1cccc(CCC(O)C(Cc2cc(F)cc(F)c2)NC(=O)OC(C)(C)C)c1. The molecule has 0 aromatic heterocycles. The van der Waals surface area contributed by atoms with Gasteiger partial charge >= 0.3 is 6.09 Å². The van der Waals surface area contributed by atoms with Gasteiger partial charge in [0.25, 0.3) is 0 Å². The minimum atomic E-state index is -0.922. The number of nitrogens with one attached hydrogen (secondary N) is 1. The van der Waals surface area contributed by atoms with E-state index in [1.807, 2.05) is 18.2 Å². The summed E-state index contributed by atoms with van der Waals surface area (Å²) in [5.74, 6) is -1.40. The van der Waals surface area contributed by atoms with Crippen molar-refractivity contribution < 1.29 is 23.4 Å². The van der Waals surface area contributed by atoms with Gasteiger partial charge in [0.2, 0.25) is 0 Å². The van der Waals surface area contributed by atoms with E-state index in [1.165, 1.54) is 17.7 Å². The van der Waals surface area contributed by atoms with Gasteiger partial charge in [-0.3, -0.25) is 0 Å². The minimum Gasteiger partial charge on any atom is -0.444 e. The van der Waals surface area contributed by atoms with Gasteiger partial charge in [0.05, 0.1) is 12.1 Å². The number of aliphatic hydroxyl groups excluding tert-OH is 1. The highest BCUT2D eigenvalue weighted by atomic mass is 19.1. The number of alkyl carbamates (subject to hydrolysis) is 1. The third-order valence-electron chi connectivity index (χ3n) is 4.67. The molecule has 0 radical (unpaired) electrons. The average molecular weight is 420 g/mol. The average Bonchev–Trinajstić information content (AvgIpc) is 2.63. The van der Waals surface area contributed by atoms with Gasteiger partial charge < -0.3 is 15.2 Å². The number of rotatable bonds is 8. The molecule has 2 aromatic rings. The third kappa shape index (κ3) is 8.11. The molecule has 4 nitrogen and oxygen atoms in total. The van der Waals surface area contributed by atoms with Gasteiger partial charge in [0.15, 0.2) is 0 Å². The Morgan fingerprint density at radius 2 is 1.70 bits per heavy atom. The van der Waals surface area contributed by atoms with E-state index in [2.05, 4.69) is 18.3 Å². The molecule has 2 atom stereocenters. The first kappa shape index (κ1) is 23.8. The zero-order valence-corrected chi connectivity index (χ0v) is 18.0. The molecule has 2 aromatic carbocycles. The van der Waals surface area contributed by atoms with Gasteiger partial charge in [-0.15, -0.1) is 0 Å². The Kier molecular flexibility index (Phi) is 8.35. The highest BCUT2D eigenvalue weighted by Gasteiger charge is 2.25. The summed E-state index contributed by atoms with van der Waals surface area (Å²) in [6.45, 7) is 7.29. The molecule has 0 saturated heterocycles. The van der Waals surface area contributed by atoms with E-state index in [0.717, 1.165) is 18.1 Å². The minimum absolute atomic E-state index is 0.0735. The first-order chi connectivity index (χ1) is 14.1. The Labute approximate surface area is 177 Å². The van der Waals surface area contributed by atoms with Crippen molar-refractivity contribution >= 4 is 6.09 Å². The molecule has 164 valence electrons. The fourth-order valence-electron chi connectivity index (χ4n) is 3.25. The number of hydrogen-bond donors (Lipinski definition) is 2. The third-order valence-corrected chi connectivity index (χ3v) is 4.67. The van der Waals surface area contributed by atoms with Crippen molar-refractivity contribution in [3.05, 3.63) is 70.8 Å². The molecule has 0 heterocycles. The lowest BCUT2D eigenvalue weighted by Gasteiger charge is -2.27. The van der Waals surface area contributed by atoms with Crippen molar-refractivity contribution in [1.29, 1.82) is 0 Å². The summed E-state index contributed by atoms with van der Waals surface area (Å²) in [6.07, 6.45) is 0.379. The number of amides is 1. The molecule has 30 heavy (non-hydrogen) atoms. The standard InChI is InChI=1S/C24H31F2NO3/c1-5-16-7-6-8-17(11-16)9-10-22(28)21(27-23(29)30-24(2,3)4)14-18-12-19(25)15-20(26)13-18/h6-8,11-13,15,21-22,28H,5,9-10,14H2,1-4H3,(H,27,29). The van der Waals surface area contributed by atoms with Crippen molar-refractivity contribution in [1.82, 2.24) is 5.32 Å². The normalized spacial score (nSPS) is 13.6. The van der Waals surface area contributed by atoms with E-state index in [-0.39, 0.29) is 6.42 Å². The van der Waals surface area contributed by atoms with Crippen molar-refractivity contribution in [2.75, 3.05) is 0 Å². The first-order valence-corrected chi connectivity index (χ1v) is 10.3. The predicted octanol–water partition coefficient (Wildman–Crippen LogP) is 4.96. The number of ether oxygens (including phenoxy) is 1. The molecule has 0 saturated carbocycles. The van der Waals surface area contributed by atoms with Gasteiger partial charge in [-0.2, -0.15) is 0 Å². The molecule has 2 rings (SSSR count). The fraction of sp³-hybridized carbons (Fsp3) is 0.458. The fourth-order valence-corrected chi connectivity index (χ4v) is 3.25. The summed E-state index contributed by atoms with van der Waals surface area (Å²) >= 11 is 0. The van der Waals surface area contributed by atoms with Crippen molar-refractivity contribution in [3.8, 4) is 0 Å². The summed E-state index contributed by atoms with van der Waals surface area (Å²) in [5, 5.41) is 13.4. The molecule has 0 fully saturated rings. The highest BCUT2D eigenvalue weighted by Crippen LogP contribution is 2.16. The second-order valence-electron chi connectivity index (χ2n) is 8.51. The zero-order chi connectivity index (χ0) is 22.3. The van der Waals surface area contributed by atoms with E-state index in [4.69, 9.17) is 4.74 Å². The quantitative estimate of drug-likeness (QED) is 0.636. The molecule has 0 aliphatic carbocycles. The van der Waals surface area contributed by atoms with Crippen molar-refractivity contribution in [2.24, 2.45) is 0 Å². The number of halogens is 2. The molecule has 1 amide bonds. The molecule has 0 bridgehead atoms. The van der Waals surface area contributed by atoms with Crippen LogP contribution in [0.4, 0.5) is 13.6 Å². The number of carbonyl (C=O) groups excluding carboxylic acids is 1. The summed E-state index contributed by atoms with van der Waals surface area (Å²) in [4.78, 5) is 12.3. The molecule has 6 heteroatoms. The maximum absolute atomic E-state index is 13.6. The van der Waals surface area contributed by atoms with Gasteiger partial charge in [-0.1, -0.05) is 31.2 Å². The maximum atomic E-state index is 13.6. The van der Waals surface area contributed by atoms with E-state index in [0.29, 0.717) is 18.4 Å². The topological polar surface area (TPSA) is 58.6 Å².